The van der Waals surface area contributed by atoms with E-state index in [9.17, 15) is 0 Å². The molecular formula is C14H27NO2. The predicted molar refractivity (Wildman–Crippen MR) is 69.2 cm³/mol. The number of methoxy groups -OCH3 is 1. The molecule has 1 unspecified atom stereocenters. The highest BCUT2D eigenvalue weighted by atomic mass is 16.5. The molecule has 1 saturated carbocycles. The molecule has 0 aromatic heterocycles. The van der Waals surface area contributed by atoms with E-state index in [1.807, 2.05) is 0 Å². The molecule has 2 aliphatic rings. The third kappa shape index (κ3) is 3.67. The van der Waals surface area contributed by atoms with E-state index in [0.29, 0.717) is 5.41 Å². The number of nitrogens with one attached hydrogen (secondary N) is 1. The molecule has 2 rings (SSSR count). The molecule has 1 atom stereocenters. The van der Waals surface area contributed by atoms with Gasteiger partial charge in [-0.05, 0) is 43.4 Å². The van der Waals surface area contributed by atoms with Crippen LogP contribution in [-0.4, -0.2) is 39.5 Å². The molecular weight excluding hydrogens is 214 g/mol. The van der Waals surface area contributed by atoms with Crippen molar-refractivity contribution in [2.24, 2.45) is 11.3 Å². The zero-order valence-electron chi connectivity index (χ0n) is 11.3. The van der Waals surface area contributed by atoms with Crippen molar-refractivity contribution in [1.82, 2.24) is 5.32 Å². The Kier molecular flexibility index (Phi) is 4.83. The summed E-state index contributed by atoms with van der Waals surface area (Å²) in [6.45, 7) is 6.31. The molecule has 100 valence electrons. The van der Waals surface area contributed by atoms with Gasteiger partial charge in [-0.15, -0.1) is 0 Å². The van der Waals surface area contributed by atoms with Crippen LogP contribution in [-0.2, 0) is 9.47 Å². The Morgan fingerprint density at radius 3 is 2.65 bits per heavy atom. The molecule has 3 nitrogen and oxygen atoms in total. The maximum atomic E-state index is 5.54. The van der Waals surface area contributed by atoms with Crippen molar-refractivity contribution in [3.8, 4) is 0 Å². The average Bonchev–Trinajstić information content (AvgIpc) is 3.18. The lowest BCUT2D eigenvalue weighted by molar-refractivity contribution is -0.0210. The molecule has 1 aliphatic carbocycles. The van der Waals surface area contributed by atoms with Crippen LogP contribution in [0.3, 0.4) is 0 Å². The number of ether oxygens (including phenoxy) is 2. The first-order valence-electron chi connectivity index (χ1n) is 7.07. The minimum Gasteiger partial charge on any atom is -0.385 e. The first-order valence-corrected chi connectivity index (χ1v) is 7.07. The molecule has 1 aliphatic heterocycles. The lowest BCUT2D eigenvalue weighted by atomic mass is 9.69. The van der Waals surface area contributed by atoms with Crippen molar-refractivity contribution in [1.29, 1.82) is 0 Å². The smallest absolute Gasteiger partial charge is 0.0471 e. The van der Waals surface area contributed by atoms with Gasteiger partial charge in [0.1, 0.15) is 0 Å². The maximum absolute atomic E-state index is 5.54. The zero-order chi connectivity index (χ0) is 12.1. The molecule has 1 saturated heterocycles. The van der Waals surface area contributed by atoms with Crippen LogP contribution >= 0.6 is 0 Å². The normalized spacial score (nSPS) is 25.8. The van der Waals surface area contributed by atoms with E-state index in [4.69, 9.17) is 9.47 Å². The minimum absolute atomic E-state index is 0.444. The second-order valence-corrected chi connectivity index (χ2v) is 5.81. The fourth-order valence-corrected chi connectivity index (χ4v) is 2.86. The fourth-order valence-electron chi connectivity index (χ4n) is 2.86. The minimum atomic E-state index is 0.444. The lowest BCUT2D eigenvalue weighted by Crippen LogP contribution is -2.44. The lowest BCUT2D eigenvalue weighted by Gasteiger charge is -2.42. The summed E-state index contributed by atoms with van der Waals surface area (Å²) in [4.78, 5) is 0. The van der Waals surface area contributed by atoms with Crippen LogP contribution in [0.5, 0.6) is 0 Å². The summed E-state index contributed by atoms with van der Waals surface area (Å²) in [6, 6.07) is 0.810. The molecule has 0 amide bonds. The third-order valence-corrected chi connectivity index (χ3v) is 4.61. The van der Waals surface area contributed by atoms with E-state index in [1.54, 1.807) is 7.11 Å². The summed E-state index contributed by atoms with van der Waals surface area (Å²) >= 11 is 0. The van der Waals surface area contributed by atoms with Crippen LogP contribution in [0.4, 0.5) is 0 Å². The standard InChI is InChI=1S/C14H27NO2/c1-12(5-8-16-2)14(6-9-17-10-7-14)11-15-13-3-4-13/h12-13,15H,3-11H2,1-2H3. The van der Waals surface area contributed by atoms with Crippen molar-refractivity contribution < 1.29 is 9.47 Å². The first-order chi connectivity index (χ1) is 8.27. The summed E-state index contributed by atoms with van der Waals surface area (Å²) in [5.41, 5.74) is 0.444. The highest BCUT2D eigenvalue weighted by Gasteiger charge is 2.38. The summed E-state index contributed by atoms with van der Waals surface area (Å²) in [5, 5.41) is 3.73. The average molecular weight is 241 g/mol. The van der Waals surface area contributed by atoms with Gasteiger partial charge in [-0.2, -0.15) is 0 Å². The van der Waals surface area contributed by atoms with Gasteiger partial charge in [0.25, 0.3) is 0 Å². The van der Waals surface area contributed by atoms with E-state index >= 15 is 0 Å². The van der Waals surface area contributed by atoms with E-state index in [1.165, 1.54) is 38.6 Å². The van der Waals surface area contributed by atoms with Crippen LogP contribution < -0.4 is 5.32 Å². The summed E-state index contributed by atoms with van der Waals surface area (Å²) in [5.74, 6) is 0.720. The second kappa shape index (κ2) is 6.17. The molecule has 3 heteroatoms. The van der Waals surface area contributed by atoms with E-state index < -0.39 is 0 Å². The van der Waals surface area contributed by atoms with Crippen LogP contribution in [0.1, 0.15) is 39.0 Å². The SMILES string of the molecule is COCCC(C)C1(CNC2CC2)CCOCC1. The van der Waals surface area contributed by atoms with Gasteiger partial charge in [0.15, 0.2) is 0 Å². The molecule has 0 aromatic carbocycles. The summed E-state index contributed by atoms with van der Waals surface area (Å²) < 4.78 is 10.8. The predicted octanol–water partition coefficient (Wildman–Crippen LogP) is 2.21. The Hall–Kier alpha value is -0.120. The van der Waals surface area contributed by atoms with E-state index in [2.05, 4.69) is 12.2 Å². The molecule has 0 radical (unpaired) electrons. The molecule has 0 bridgehead atoms. The van der Waals surface area contributed by atoms with Gasteiger partial charge in [0.2, 0.25) is 0 Å². The third-order valence-electron chi connectivity index (χ3n) is 4.61. The quantitative estimate of drug-likeness (QED) is 0.741. The van der Waals surface area contributed by atoms with Crippen LogP contribution in [0.15, 0.2) is 0 Å². The molecule has 2 fully saturated rings. The molecule has 1 heterocycles. The van der Waals surface area contributed by atoms with Crippen molar-refractivity contribution in [3.63, 3.8) is 0 Å². The number of hydrogen-bond donors (Lipinski definition) is 1. The van der Waals surface area contributed by atoms with Gasteiger partial charge >= 0.3 is 0 Å². The second-order valence-electron chi connectivity index (χ2n) is 5.81. The molecule has 1 N–H and O–H groups in total. The highest BCUT2D eigenvalue weighted by molar-refractivity contribution is 4.92. The topological polar surface area (TPSA) is 30.5 Å². The molecule has 0 spiro atoms. The van der Waals surface area contributed by atoms with Crippen LogP contribution in [0, 0.1) is 11.3 Å². The first kappa shape index (κ1) is 13.3. The largest absolute Gasteiger partial charge is 0.385 e. The van der Waals surface area contributed by atoms with Crippen molar-refractivity contribution >= 4 is 0 Å². The number of rotatable bonds is 7. The Labute approximate surface area is 105 Å². The monoisotopic (exact) mass is 241 g/mol. The van der Waals surface area contributed by atoms with Gasteiger partial charge in [-0.25, -0.2) is 0 Å². The van der Waals surface area contributed by atoms with Gasteiger partial charge in [-0.3, -0.25) is 0 Å². The Balaban J connectivity index is 1.88. The van der Waals surface area contributed by atoms with Crippen molar-refractivity contribution in [2.45, 2.75) is 45.1 Å². The van der Waals surface area contributed by atoms with Crippen LogP contribution in [0.25, 0.3) is 0 Å². The summed E-state index contributed by atoms with van der Waals surface area (Å²) in [7, 11) is 1.80. The Morgan fingerprint density at radius 2 is 2.06 bits per heavy atom. The van der Waals surface area contributed by atoms with E-state index in [-0.39, 0.29) is 0 Å². The van der Waals surface area contributed by atoms with Gasteiger partial charge in [-0.1, -0.05) is 6.92 Å². The Morgan fingerprint density at radius 1 is 1.35 bits per heavy atom. The highest BCUT2D eigenvalue weighted by Crippen LogP contribution is 2.40. The van der Waals surface area contributed by atoms with Crippen LogP contribution in [0.2, 0.25) is 0 Å². The van der Waals surface area contributed by atoms with Crippen molar-refractivity contribution in [2.75, 3.05) is 33.5 Å². The summed E-state index contributed by atoms with van der Waals surface area (Å²) in [6.07, 6.45) is 6.33. The Bertz CT molecular complexity index is 222. The zero-order valence-corrected chi connectivity index (χ0v) is 11.3. The van der Waals surface area contributed by atoms with Gasteiger partial charge < -0.3 is 14.8 Å². The fraction of sp³-hybridized carbons (Fsp3) is 1.00. The maximum Gasteiger partial charge on any atom is 0.0471 e. The van der Waals surface area contributed by atoms with Gasteiger partial charge in [0.05, 0.1) is 0 Å². The van der Waals surface area contributed by atoms with E-state index in [0.717, 1.165) is 31.8 Å². The van der Waals surface area contributed by atoms with Gasteiger partial charge in [0, 0.05) is 39.5 Å². The molecule has 17 heavy (non-hydrogen) atoms. The number of hydrogen-bond acceptors (Lipinski definition) is 3. The van der Waals surface area contributed by atoms with Crippen molar-refractivity contribution in [3.05, 3.63) is 0 Å². The molecule has 0 aromatic rings.